The van der Waals surface area contributed by atoms with E-state index in [9.17, 15) is 18.0 Å². The summed E-state index contributed by atoms with van der Waals surface area (Å²) in [7, 11) is 4.41. The summed E-state index contributed by atoms with van der Waals surface area (Å²) in [6.07, 6.45) is -4.49. The van der Waals surface area contributed by atoms with Crippen LogP contribution in [-0.4, -0.2) is 27.2 Å². The summed E-state index contributed by atoms with van der Waals surface area (Å²) in [5.74, 6) is 0.0646. The van der Waals surface area contributed by atoms with Crippen molar-refractivity contribution >= 4 is 5.91 Å². The minimum Gasteiger partial charge on any atom is -0.493 e. The summed E-state index contributed by atoms with van der Waals surface area (Å²) in [5.41, 5.74) is 0.383. The fraction of sp³-hybridized carbons (Fsp3) is 0.316. The topological polar surface area (TPSA) is 47.6 Å². The second-order valence-corrected chi connectivity index (χ2v) is 5.72. The third-order valence-electron chi connectivity index (χ3n) is 4.22. The van der Waals surface area contributed by atoms with Crippen LogP contribution in [0.1, 0.15) is 39.9 Å². The first-order chi connectivity index (χ1) is 12.2. The largest absolute Gasteiger partial charge is 0.493 e. The molecule has 0 saturated carbocycles. The second-order valence-electron chi connectivity index (χ2n) is 5.72. The first-order valence-electron chi connectivity index (χ1n) is 7.88. The zero-order chi connectivity index (χ0) is 19.5. The van der Waals surface area contributed by atoms with Crippen molar-refractivity contribution in [1.29, 1.82) is 0 Å². The lowest BCUT2D eigenvalue weighted by molar-refractivity contribution is -0.137. The van der Waals surface area contributed by atoms with Crippen molar-refractivity contribution in [3.05, 3.63) is 58.7 Å². The van der Waals surface area contributed by atoms with E-state index in [1.807, 2.05) is 0 Å². The molecule has 0 heterocycles. The van der Waals surface area contributed by atoms with Crippen LogP contribution < -0.4 is 14.8 Å². The Bertz CT molecular complexity index is 803. The normalized spacial score (nSPS) is 12.4. The molecule has 1 unspecified atom stereocenters. The van der Waals surface area contributed by atoms with Crippen molar-refractivity contribution in [1.82, 2.24) is 5.32 Å². The first-order valence-corrected chi connectivity index (χ1v) is 7.88. The van der Waals surface area contributed by atoms with Crippen LogP contribution in [0.5, 0.6) is 11.5 Å². The van der Waals surface area contributed by atoms with Crippen molar-refractivity contribution in [2.75, 3.05) is 21.3 Å². The maximum atomic E-state index is 13.1. The standard InChI is InChI=1S/C19H20F3NO3/c1-11(12-5-8-16(25-3)17(9-12)26-4)15-10-13(19(20,21)22)6-7-14(15)18(24)23-2/h5-11H,1-4H3,(H,23,24). The zero-order valence-electron chi connectivity index (χ0n) is 14.9. The highest BCUT2D eigenvalue weighted by molar-refractivity contribution is 5.96. The number of ether oxygens (including phenoxy) is 2. The molecule has 0 spiro atoms. The molecule has 7 heteroatoms. The number of amides is 1. The summed E-state index contributed by atoms with van der Waals surface area (Å²) in [5, 5.41) is 2.46. The monoisotopic (exact) mass is 367 g/mol. The van der Waals surface area contributed by atoms with Gasteiger partial charge in [-0.05, 0) is 41.5 Å². The van der Waals surface area contributed by atoms with Gasteiger partial charge in [0.2, 0.25) is 0 Å². The molecule has 0 aromatic heterocycles. The van der Waals surface area contributed by atoms with Gasteiger partial charge in [-0.25, -0.2) is 0 Å². The van der Waals surface area contributed by atoms with Crippen LogP contribution in [0, 0.1) is 0 Å². The lowest BCUT2D eigenvalue weighted by atomic mass is 9.87. The fourth-order valence-electron chi connectivity index (χ4n) is 2.74. The molecule has 2 aromatic rings. The van der Waals surface area contributed by atoms with Crippen LogP contribution in [0.4, 0.5) is 13.2 Å². The Hall–Kier alpha value is -2.70. The number of nitrogens with one attached hydrogen (secondary N) is 1. The van der Waals surface area contributed by atoms with E-state index in [-0.39, 0.29) is 11.1 Å². The maximum absolute atomic E-state index is 13.1. The van der Waals surface area contributed by atoms with Gasteiger partial charge in [-0.15, -0.1) is 0 Å². The molecular weight excluding hydrogens is 347 g/mol. The number of carbonyl (C=O) groups is 1. The molecule has 140 valence electrons. The van der Waals surface area contributed by atoms with E-state index in [0.29, 0.717) is 17.1 Å². The quantitative estimate of drug-likeness (QED) is 0.860. The predicted octanol–water partition coefficient (Wildman–Crippen LogP) is 4.23. The Morgan fingerprint density at radius 3 is 2.23 bits per heavy atom. The number of hydrogen-bond donors (Lipinski definition) is 1. The van der Waals surface area contributed by atoms with Gasteiger partial charge in [-0.3, -0.25) is 4.79 Å². The highest BCUT2D eigenvalue weighted by Crippen LogP contribution is 2.37. The van der Waals surface area contributed by atoms with Gasteiger partial charge >= 0.3 is 6.18 Å². The first kappa shape index (κ1) is 19.6. The van der Waals surface area contributed by atoms with Crippen LogP contribution in [-0.2, 0) is 6.18 Å². The molecule has 1 atom stereocenters. The molecule has 0 saturated heterocycles. The number of hydrogen-bond acceptors (Lipinski definition) is 3. The molecular formula is C19H20F3NO3. The highest BCUT2D eigenvalue weighted by Gasteiger charge is 2.32. The summed E-state index contributed by atoms with van der Waals surface area (Å²) in [4.78, 5) is 12.1. The number of benzene rings is 2. The van der Waals surface area contributed by atoms with Gasteiger partial charge in [0.25, 0.3) is 5.91 Å². The number of rotatable bonds is 5. The van der Waals surface area contributed by atoms with Crippen molar-refractivity contribution < 1.29 is 27.4 Å². The minimum atomic E-state index is -4.49. The van der Waals surface area contributed by atoms with Crippen LogP contribution in [0.2, 0.25) is 0 Å². The van der Waals surface area contributed by atoms with Gasteiger partial charge < -0.3 is 14.8 Å². The Kier molecular flexibility index (Phi) is 5.79. The number of halogens is 3. The summed E-state index contributed by atoms with van der Waals surface area (Å²) in [6, 6.07) is 8.24. The lowest BCUT2D eigenvalue weighted by Gasteiger charge is -2.20. The average Bonchev–Trinajstić information content (AvgIpc) is 2.64. The van der Waals surface area contributed by atoms with Crippen LogP contribution in [0.25, 0.3) is 0 Å². The molecule has 2 rings (SSSR count). The minimum absolute atomic E-state index is 0.197. The van der Waals surface area contributed by atoms with Crippen molar-refractivity contribution in [3.8, 4) is 11.5 Å². The Labute approximate surface area is 149 Å². The van der Waals surface area contributed by atoms with E-state index < -0.39 is 23.6 Å². The average molecular weight is 367 g/mol. The van der Waals surface area contributed by atoms with Gasteiger partial charge in [0, 0.05) is 18.5 Å². The summed E-state index contributed by atoms with van der Waals surface area (Å²) >= 11 is 0. The molecule has 0 fully saturated rings. The number of methoxy groups -OCH3 is 2. The van der Waals surface area contributed by atoms with E-state index in [0.717, 1.165) is 12.1 Å². The molecule has 1 N–H and O–H groups in total. The molecule has 0 aliphatic heterocycles. The Morgan fingerprint density at radius 1 is 1.04 bits per heavy atom. The molecule has 2 aromatic carbocycles. The number of alkyl halides is 3. The van der Waals surface area contributed by atoms with E-state index in [2.05, 4.69) is 5.32 Å². The lowest BCUT2D eigenvalue weighted by Crippen LogP contribution is -2.21. The Morgan fingerprint density at radius 2 is 1.69 bits per heavy atom. The third kappa shape index (κ3) is 3.92. The molecule has 1 amide bonds. The molecule has 0 aliphatic rings. The SMILES string of the molecule is CNC(=O)c1ccc(C(F)(F)F)cc1C(C)c1ccc(OC)c(OC)c1. The second kappa shape index (κ2) is 7.68. The summed E-state index contributed by atoms with van der Waals surface area (Å²) < 4.78 is 49.8. The van der Waals surface area contributed by atoms with Crippen LogP contribution in [0.3, 0.4) is 0 Å². The van der Waals surface area contributed by atoms with Gasteiger partial charge in [-0.2, -0.15) is 13.2 Å². The van der Waals surface area contributed by atoms with Gasteiger partial charge in [-0.1, -0.05) is 13.0 Å². The summed E-state index contributed by atoms with van der Waals surface area (Å²) in [6.45, 7) is 1.74. The van der Waals surface area contributed by atoms with Crippen molar-refractivity contribution in [3.63, 3.8) is 0 Å². The zero-order valence-corrected chi connectivity index (χ0v) is 14.9. The van der Waals surface area contributed by atoms with Crippen LogP contribution >= 0.6 is 0 Å². The van der Waals surface area contributed by atoms with E-state index in [1.165, 1.54) is 27.3 Å². The van der Waals surface area contributed by atoms with Crippen molar-refractivity contribution in [2.45, 2.75) is 19.0 Å². The third-order valence-corrected chi connectivity index (χ3v) is 4.22. The van der Waals surface area contributed by atoms with Gasteiger partial charge in [0.15, 0.2) is 11.5 Å². The van der Waals surface area contributed by atoms with Crippen molar-refractivity contribution in [2.24, 2.45) is 0 Å². The predicted molar refractivity (Wildman–Crippen MR) is 91.9 cm³/mol. The Balaban J connectivity index is 2.59. The smallest absolute Gasteiger partial charge is 0.416 e. The van der Waals surface area contributed by atoms with E-state index in [1.54, 1.807) is 25.1 Å². The number of carbonyl (C=O) groups excluding carboxylic acids is 1. The fourth-order valence-corrected chi connectivity index (χ4v) is 2.74. The molecule has 0 aliphatic carbocycles. The van der Waals surface area contributed by atoms with E-state index in [4.69, 9.17) is 9.47 Å². The maximum Gasteiger partial charge on any atom is 0.416 e. The molecule has 26 heavy (non-hydrogen) atoms. The van der Waals surface area contributed by atoms with Crippen LogP contribution in [0.15, 0.2) is 36.4 Å². The molecule has 0 bridgehead atoms. The van der Waals surface area contributed by atoms with E-state index >= 15 is 0 Å². The van der Waals surface area contributed by atoms with Gasteiger partial charge in [0.1, 0.15) is 0 Å². The highest BCUT2D eigenvalue weighted by atomic mass is 19.4. The molecule has 4 nitrogen and oxygen atoms in total. The van der Waals surface area contributed by atoms with Gasteiger partial charge in [0.05, 0.1) is 19.8 Å². The molecule has 0 radical (unpaired) electrons.